The van der Waals surface area contributed by atoms with E-state index >= 15 is 0 Å². The molecule has 0 bridgehead atoms. The Morgan fingerprint density at radius 2 is 2.12 bits per heavy atom. The van der Waals surface area contributed by atoms with E-state index in [9.17, 15) is 10.1 Å². The lowest BCUT2D eigenvalue weighted by Crippen LogP contribution is -2.61. The standard InChI is InChI=1S/C24H31N9O/c1-3-17(2)30-23(34)32-10-8-31(9-11-32)19-12-24(13-19,5-6-25)33-15-18(14-29-33)21-20-4-7-26-22(20)28-16-27-21/h4,7,14-17,19H,3,5,8-13H2,1-2H3,(H,30,34)(H,26,27,28)/t17-,19-,24-/m1/s1. The normalized spacial score (nSPS) is 23.9. The van der Waals surface area contributed by atoms with Gasteiger partial charge in [0.15, 0.2) is 0 Å². The fourth-order valence-corrected chi connectivity index (χ4v) is 5.14. The number of piperazine rings is 1. The highest BCUT2D eigenvalue weighted by Gasteiger charge is 2.49. The van der Waals surface area contributed by atoms with E-state index in [0.717, 1.165) is 67.7 Å². The lowest BCUT2D eigenvalue weighted by Gasteiger charge is -2.52. The zero-order valence-corrected chi connectivity index (χ0v) is 19.7. The maximum atomic E-state index is 12.4. The number of aromatic nitrogens is 5. The maximum absolute atomic E-state index is 12.4. The molecule has 1 saturated carbocycles. The summed E-state index contributed by atoms with van der Waals surface area (Å²) in [7, 11) is 0. The van der Waals surface area contributed by atoms with Gasteiger partial charge in [-0.05, 0) is 32.3 Å². The first-order chi connectivity index (χ1) is 16.5. The fourth-order valence-electron chi connectivity index (χ4n) is 5.14. The Kier molecular flexibility index (Phi) is 5.96. The smallest absolute Gasteiger partial charge is 0.317 e. The van der Waals surface area contributed by atoms with Gasteiger partial charge in [0.2, 0.25) is 0 Å². The van der Waals surface area contributed by atoms with Gasteiger partial charge >= 0.3 is 6.03 Å². The van der Waals surface area contributed by atoms with Gasteiger partial charge in [0.05, 0.1) is 29.9 Å². The summed E-state index contributed by atoms with van der Waals surface area (Å²) in [6.07, 6.45) is 10.4. The van der Waals surface area contributed by atoms with Crippen LogP contribution in [0.15, 0.2) is 31.0 Å². The van der Waals surface area contributed by atoms with Gasteiger partial charge in [-0.25, -0.2) is 14.8 Å². The topological polar surface area (TPSA) is 119 Å². The number of fused-ring (bicyclic) bond motifs is 1. The molecule has 1 atom stereocenters. The van der Waals surface area contributed by atoms with Crippen molar-refractivity contribution in [2.75, 3.05) is 26.2 Å². The molecule has 4 heterocycles. The van der Waals surface area contributed by atoms with Crippen LogP contribution in [0.2, 0.25) is 0 Å². The molecular formula is C24H31N9O. The summed E-state index contributed by atoms with van der Waals surface area (Å²) >= 11 is 0. The molecule has 0 radical (unpaired) electrons. The first-order valence-corrected chi connectivity index (χ1v) is 12.0. The summed E-state index contributed by atoms with van der Waals surface area (Å²) in [5.41, 5.74) is 2.26. The molecule has 2 fully saturated rings. The van der Waals surface area contributed by atoms with Crippen molar-refractivity contribution in [3.05, 3.63) is 31.0 Å². The van der Waals surface area contributed by atoms with E-state index in [2.05, 4.69) is 43.3 Å². The lowest BCUT2D eigenvalue weighted by atomic mass is 9.70. The summed E-state index contributed by atoms with van der Waals surface area (Å²) in [4.78, 5) is 28.6. The Hall–Kier alpha value is -3.45. The third-order valence-electron chi connectivity index (χ3n) is 7.44. The number of carbonyl (C=O) groups is 1. The van der Waals surface area contributed by atoms with E-state index in [1.807, 2.05) is 41.2 Å². The highest BCUT2D eigenvalue weighted by molar-refractivity contribution is 5.90. The number of urea groups is 1. The van der Waals surface area contributed by atoms with Crippen LogP contribution in [-0.4, -0.2) is 78.8 Å². The molecule has 3 aromatic heterocycles. The van der Waals surface area contributed by atoms with Crippen LogP contribution in [0.1, 0.15) is 39.5 Å². The molecule has 178 valence electrons. The third-order valence-corrected chi connectivity index (χ3v) is 7.44. The van der Waals surface area contributed by atoms with Crippen molar-refractivity contribution in [3.8, 4) is 17.3 Å². The number of carbonyl (C=O) groups excluding carboxylic acids is 1. The molecule has 0 spiro atoms. The molecular weight excluding hydrogens is 430 g/mol. The van der Waals surface area contributed by atoms with Crippen molar-refractivity contribution >= 4 is 17.1 Å². The molecule has 0 unspecified atom stereocenters. The molecule has 5 rings (SSSR count). The molecule has 1 aliphatic heterocycles. The molecule has 10 nitrogen and oxygen atoms in total. The summed E-state index contributed by atoms with van der Waals surface area (Å²) in [6, 6.07) is 4.98. The molecule has 34 heavy (non-hydrogen) atoms. The monoisotopic (exact) mass is 461 g/mol. The van der Waals surface area contributed by atoms with Gasteiger partial charge in [0, 0.05) is 61.6 Å². The summed E-state index contributed by atoms with van der Waals surface area (Å²) < 4.78 is 1.97. The maximum Gasteiger partial charge on any atom is 0.317 e. The van der Waals surface area contributed by atoms with Crippen LogP contribution in [0.25, 0.3) is 22.3 Å². The number of rotatable bonds is 6. The zero-order chi connectivity index (χ0) is 23.7. The Morgan fingerprint density at radius 3 is 2.85 bits per heavy atom. The predicted molar refractivity (Wildman–Crippen MR) is 128 cm³/mol. The van der Waals surface area contributed by atoms with Crippen LogP contribution in [-0.2, 0) is 5.54 Å². The minimum atomic E-state index is -0.299. The quantitative estimate of drug-likeness (QED) is 0.583. The first-order valence-electron chi connectivity index (χ1n) is 12.0. The van der Waals surface area contributed by atoms with Crippen LogP contribution in [0.4, 0.5) is 4.79 Å². The van der Waals surface area contributed by atoms with Crippen LogP contribution in [0.3, 0.4) is 0 Å². The Morgan fingerprint density at radius 1 is 1.32 bits per heavy atom. The van der Waals surface area contributed by atoms with Gasteiger partial charge in [-0.1, -0.05) is 6.92 Å². The number of aromatic amines is 1. The van der Waals surface area contributed by atoms with Gasteiger partial charge in [0.1, 0.15) is 12.0 Å². The Labute approximate surface area is 199 Å². The molecule has 2 N–H and O–H groups in total. The van der Waals surface area contributed by atoms with Crippen molar-refractivity contribution in [2.45, 2.75) is 57.2 Å². The van der Waals surface area contributed by atoms with Crippen molar-refractivity contribution in [2.24, 2.45) is 0 Å². The minimum absolute atomic E-state index is 0.0340. The van der Waals surface area contributed by atoms with Gasteiger partial charge in [0.25, 0.3) is 0 Å². The highest BCUT2D eigenvalue weighted by atomic mass is 16.2. The van der Waals surface area contributed by atoms with Crippen LogP contribution < -0.4 is 5.32 Å². The molecule has 2 amide bonds. The van der Waals surface area contributed by atoms with E-state index in [1.165, 1.54) is 0 Å². The minimum Gasteiger partial charge on any atom is -0.346 e. The average molecular weight is 462 g/mol. The number of H-pyrrole nitrogens is 1. The second-order valence-corrected chi connectivity index (χ2v) is 9.54. The molecule has 2 aliphatic rings. The van der Waals surface area contributed by atoms with Crippen LogP contribution >= 0.6 is 0 Å². The molecule has 1 aliphatic carbocycles. The Balaban J connectivity index is 1.24. The van der Waals surface area contributed by atoms with E-state index in [1.54, 1.807) is 6.33 Å². The number of nitrogens with one attached hydrogen (secondary N) is 2. The summed E-state index contributed by atoms with van der Waals surface area (Å²) in [5, 5.41) is 18.2. The van der Waals surface area contributed by atoms with Crippen LogP contribution in [0.5, 0.6) is 0 Å². The second-order valence-electron chi connectivity index (χ2n) is 9.54. The van der Waals surface area contributed by atoms with Gasteiger partial charge in [-0.15, -0.1) is 0 Å². The van der Waals surface area contributed by atoms with Gasteiger partial charge in [-0.3, -0.25) is 9.58 Å². The Bertz CT molecular complexity index is 1190. The fraction of sp³-hybridized carbons (Fsp3) is 0.542. The van der Waals surface area contributed by atoms with Crippen molar-refractivity contribution in [1.82, 2.24) is 39.8 Å². The third kappa shape index (κ3) is 4.01. The number of amides is 2. The van der Waals surface area contributed by atoms with Gasteiger partial charge in [-0.2, -0.15) is 10.4 Å². The van der Waals surface area contributed by atoms with Crippen molar-refractivity contribution in [1.29, 1.82) is 5.26 Å². The summed E-state index contributed by atoms with van der Waals surface area (Å²) in [5.74, 6) is 0. The molecule has 0 aromatic carbocycles. The molecule has 1 saturated heterocycles. The number of nitriles is 1. The van der Waals surface area contributed by atoms with Gasteiger partial charge < -0.3 is 15.2 Å². The van der Waals surface area contributed by atoms with E-state index in [4.69, 9.17) is 0 Å². The first kappa shape index (κ1) is 22.3. The number of hydrogen-bond acceptors (Lipinski definition) is 6. The van der Waals surface area contributed by atoms with E-state index in [-0.39, 0.29) is 17.6 Å². The average Bonchev–Trinajstić information content (AvgIpc) is 3.51. The van der Waals surface area contributed by atoms with E-state index in [0.29, 0.717) is 12.5 Å². The number of hydrogen-bond donors (Lipinski definition) is 2. The summed E-state index contributed by atoms with van der Waals surface area (Å²) in [6.45, 7) is 7.29. The number of nitrogens with zero attached hydrogens (tertiary/aromatic N) is 7. The SMILES string of the molecule is CC[C@@H](C)NC(=O)N1CCN([C@H]2C[C@](CC#N)(n3cc(-c4ncnc5[nH]ccc45)cn3)C2)CC1. The highest BCUT2D eigenvalue weighted by Crippen LogP contribution is 2.45. The van der Waals surface area contributed by atoms with Crippen molar-refractivity contribution < 1.29 is 4.79 Å². The molecule has 3 aromatic rings. The second kappa shape index (κ2) is 9.06. The lowest BCUT2D eigenvalue weighted by molar-refractivity contribution is -0.0130. The van der Waals surface area contributed by atoms with Crippen molar-refractivity contribution in [3.63, 3.8) is 0 Å². The largest absolute Gasteiger partial charge is 0.346 e. The zero-order valence-electron chi connectivity index (χ0n) is 19.7. The predicted octanol–water partition coefficient (Wildman–Crippen LogP) is 2.72. The van der Waals surface area contributed by atoms with Crippen LogP contribution in [0, 0.1) is 11.3 Å². The van der Waals surface area contributed by atoms with E-state index < -0.39 is 0 Å². The molecule has 10 heteroatoms.